The predicted molar refractivity (Wildman–Crippen MR) is 95.0 cm³/mol. The standard InChI is InChI=1S/C17H12FN5O2S/c18-13-4-2-1-3-11(13)10-22-6-5-14(21-22)20-15(24)12-9-19-17-23(16(12)25)7-8-26-17/h1-9H,10H2,(H,20,21,24). The number of anilines is 1. The van der Waals surface area contributed by atoms with Crippen LogP contribution >= 0.6 is 11.3 Å². The van der Waals surface area contributed by atoms with Gasteiger partial charge in [-0.1, -0.05) is 18.2 Å². The Kier molecular flexibility index (Phi) is 4.05. The number of benzene rings is 1. The number of halogens is 1. The van der Waals surface area contributed by atoms with Gasteiger partial charge in [0.25, 0.3) is 11.5 Å². The van der Waals surface area contributed by atoms with Crippen LogP contribution in [0.2, 0.25) is 0 Å². The Morgan fingerprint density at radius 1 is 1.23 bits per heavy atom. The lowest BCUT2D eigenvalue weighted by molar-refractivity contribution is 0.102. The van der Waals surface area contributed by atoms with Gasteiger partial charge in [-0.3, -0.25) is 18.7 Å². The number of fused-ring (bicyclic) bond motifs is 1. The van der Waals surface area contributed by atoms with E-state index in [9.17, 15) is 14.0 Å². The van der Waals surface area contributed by atoms with E-state index in [1.165, 1.54) is 32.7 Å². The highest BCUT2D eigenvalue weighted by Crippen LogP contribution is 2.11. The second kappa shape index (κ2) is 6.52. The molecule has 3 aromatic heterocycles. The summed E-state index contributed by atoms with van der Waals surface area (Å²) in [4.78, 5) is 29.3. The molecule has 1 N–H and O–H groups in total. The molecule has 26 heavy (non-hydrogen) atoms. The normalized spacial score (nSPS) is 11.0. The number of carbonyl (C=O) groups excluding carboxylic acids is 1. The zero-order chi connectivity index (χ0) is 18.1. The van der Waals surface area contributed by atoms with E-state index in [4.69, 9.17) is 0 Å². The lowest BCUT2D eigenvalue weighted by Crippen LogP contribution is -2.26. The molecule has 3 heterocycles. The Labute approximate surface area is 150 Å². The molecule has 1 aromatic carbocycles. The molecule has 7 nitrogen and oxygen atoms in total. The summed E-state index contributed by atoms with van der Waals surface area (Å²) in [5, 5.41) is 8.47. The van der Waals surface area contributed by atoms with Crippen molar-refractivity contribution in [3.05, 3.63) is 81.6 Å². The molecule has 0 spiro atoms. The van der Waals surface area contributed by atoms with Gasteiger partial charge in [-0.05, 0) is 6.07 Å². The molecule has 0 atom stereocenters. The molecule has 4 aromatic rings. The third-order valence-electron chi connectivity index (χ3n) is 3.76. The maximum absolute atomic E-state index is 13.7. The summed E-state index contributed by atoms with van der Waals surface area (Å²) in [5.74, 6) is -0.655. The summed E-state index contributed by atoms with van der Waals surface area (Å²) in [5.41, 5.74) is -0.0390. The van der Waals surface area contributed by atoms with Crippen LogP contribution in [-0.2, 0) is 6.54 Å². The van der Waals surface area contributed by atoms with E-state index in [0.29, 0.717) is 10.5 Å². The summed E-state index contributed by atoms with van der Waals surface area (Å²) in [6.07, 6.45) is 4.43. The monoisotopic (exact) mass is 369 g/mol. The van der Waals surface area contributed by atoms with Gasteiger partial charge in [-0.25, -0.2) is 9.37 Å². The largest absolute Gasteiger partial charge is 0.305 e. The van der Waals surface area contributed by atoms with Crippen molar-refractivity contribution in [2.24, 2.45) is 0 Å². The zero-order valence-corrected chi connectivity index (χ0v) is 14.1. The van der Waals surface area contributed by atoms with Gasteiger partial charge >= 0.3 is 0 Å². The average Bonchev–Trinajstić information content (AvgIpc) is 3.27. The van der Waals surface area contributed by atoms with E-state index >= 15 is 0 Å². The van der Waals surface area contributed by atoms with E-state index < -0.39 is 11.5 Å². The zero-order valence-electron chi connectivity index (χ0n) is 13.3. The summed E-state index contributed by atoms with van der Waals surface area (Å²) < 4.78 is 16.5. The van der Waals surface area contributed by atoms with Crippen molar-refractivity contribution in [1.29, 1.82) is 0 Å². The van der Waals surface area contributed by atoms with Crippen LogP contribution in [0.4, 0.5) is 10.2 Å². The van der Waals surface area contributed by atoms with Crippen molar-refractivity contribution in [2.75, 3.05) is 5.32 Å². The van der Waals surface area contributed by atoms with Crippen molar-refractivity contribution in [2.45, 2.75) is 6.54 Å². The Morgan fingerprint density at radius 3 is 2.92 bits per heavy atom. The Hall–Kier alpha value is -3.33. The number of rotatable bonds is 4. The van der Waals surface area contributed by atoms with Crippen molar-refractivity contribution in [1.82, 2.24) is 19.2 Å². The highest BCUT2D eigenvalue weighted by molar-refractivity contribution is 7.15. The van der Waals surface area contributed by atoms with Gasteiger partial charge in [0.2, 0.25) is 0 Å². The van der Waals surface area contributed by atoms with Crippen molar-refractivity contribution in [3.63, 3.8) is 0 Å². The molecule has 4 rings (SSSR count). The molecule has 9 heteroatoms. The Morgan fingerprint density at radius 2 is 2.08 bits per heavy atom. The average molecular weight is 369 g/mol. The van der Waals surface area contributed by atoms with Crippen LogP contribution < -0.4 is 10.9 Å². The fourth-order valence-electron chi connectivity index (χ4n) is 2.48. The molecular weight excluding hydrogens is 357 g/mol. The van der Waals surface area contributed by atoms with Crippen molar-refractivity contribution >= 4 is 28.0 Å². The number of thiazole rings is 1. The first-order valence-electron chi connectivity index (χ1n) is 7.65. The third kappa shape index (κ3) is 3.00. The van der Waals surface area contributed by atoms with Crippen LogP contribution in [0.3, 0.4) is 0 Å². The first-order valence-corrected chi connectivity index (χ1v) is 8.53. The molecule has 0 aliphatic rings. The van der Waals surface area contributed by atoms with E-state index in [1.807, 2.05) is 0 Å². The summed E-state index contributed by atoms with van der Waals surface area (Å²) in [7, 11) is 0. The molecular formula is C17H12FN5O2S. The number of amides is 1. The van der Waals surface area contributed by atoms with Crippen LogP contribution in [0.1, 0.15) is 15.9 Å². The van der Waals surface area contributed by atoms with Crippen LogP contribution in [-0.4, -0.2) is 25.1 Å². The molecule has 130 valence electrons. The summed E-state index contributed by atoms with van der Waals surface area (Å²) in [6, 6.07) is 7.98. The van der Waals surface area contributed by atoms with Crippen LogP contribution in [0.25, 0.3) is 4.96 Å². The molecule has 0 fully saturated rings. The Bertz CT molecular complexity index is 1160. The summed E-state index contributed by atoms with van der Waals surface area (Å²) >= 11 is 1.31. The highest BCUT2D eigenvalue weighted by atomic mass is 32.1. The number of carbonyl (C=O) groups is 1. The molecule has 0 aliphatic carbocycles. The molecule has 0 saturated carbocycles. The smallest absolute Gasteiger partial charge is 0.271 e. The number of hydrogen-bond donors (Lipinski definition) is 1. The van der Waals surface area contributed by atoms with Gasteiger partial charge in [0.1, 0.15) is 11.4 Å². The van der Waals surface area contributed by atoms with Gasteiger partial charge in [0.05, 0.1) is 6.54 Å². The highest BCUT2D eigenvalue weighted by Gasteiger charge is 2.15. The first-order chi connectivity index (χ1) is 12.6. The number of aromatic nitrogens is 4. The maximum Gasteiger partial charge on any atom is 0.271 e. The number of nitrogens with zero attached hydrogens (tertiary/aromatic N) is 4. The van der Waals surface area contributed by atoms with E-state index in [0.717, 1.165) is 0 Å². The second-order valence-electron chi connectivity index (χ2n) is 5.48. The molecule has 0 radical (unpaired) electrons. The molecule has 0 saturated heterocycles. The van der Waals surface area contributed by atoms with Gasteiger partial charge in [-0.2, -0.15) is 5.10 Å². The van der Waals surface area contributed by atoms with Gasteiger partial charge in [-0.15, -0.1) is 11.3 Å². The van der Waals surface area contributed by atoms with E-state index in [-0.39, 0.29) is 23.7 Å². The van der Waals surface area contributed by atoms with Crippen molar-refractivity contribution in [3.8, 4) is 0 Å². The van der Waals surface area contributed by atoms with Crippen LogP contribution in [0, 0.1) is 5.82 Å². The molecule has 0 bridgehead atoms. The fraction of sp³-hybridized carbons (Fsp3) is 0.0588. The van der Waals surface area contributed by atoms with E-state index in [2.05, 4.69) is 15.4 Å². The van der Waals surface area contributed by atoms with Crippen LogP contribution in [0.5, 0.6) is 0 Å². The van der Waals surface area contributed by atoms with Gasteiger partial charge in [0, 0.05) is 35.6 Å². The van der Waals surface area contributed by atoms with Gasteiger partial charge < -0.3 is 5.32 Å². The fourth-order valence-corrected chi connectivity index (χ4v) is 3.16. The lowest BCUT2D eigenvalue weighted by Gasteiger charge is -2.04. The predicted octanol–water partition coefficient (Wildman–Crippen LogP) is 2.39. The third-order valence-corrected chi connectivity index (χ3v) is 4.53. The maximum atomic E-state index is 13.7. The topological polar surface area (TPSA) is 81.3 Å². The minimum atomic E-state index is -0.598. The summed E-state index contributed by atoms with van der Waals surface area (Å²) in [6.45, 7) is 0.230. The number of hydrogen-bond acceptors (Lipinski definition) is 5. The molecule has 0 unspecified atom stereocenters. The molecule has 1 amide bonds. The van der Waals surface area contributed by atoms with Crippen molar-refractivity contribution < 1.29 is 9.18 Å². The van der Waals surface area contributed by atoms with E-state index in [1.54, 1.807) is 42.0 Å². The quantitative estimate of drug-likeness (QED) is 0.599. The minimum absolute atomic E-state index is 0.0791. The van der Waals surface area contributed by atoms with Crippen LogP contribution in [0.15, 0.2) is 59.1 Å². The van der Waals surface area contributed by atoms with Gasteiger partial charge in [0.15, 0.2) is 10.8 Å². The number of nitrogens with one attached hydrogen (secondary N) is 1. The second-order valence-corrected chi connectivity index (χ2v) is 6.35. The molecule has 0 aliphatic heterocycles. The minimum Gasteiger partial charge on any atom is -0.305 e. The lowest BCUT2D eigenvalue weighted by atomic mass is 10.2. The Balaban J connectivity index is 1.53. The first kappa shape index (κ1) is 16.2. The SMILES string of the molecule is O=C(Nc1ccn(Cc2ccccc2F)n1)c1cnc2sccn2c1=O.